The fourth-order valence-electron chi connectivity index (χ4n) is 3.69. The molecule has 3 nitrogen and oxygen atoms in total. The van der Waals surface area contributed by atoms with Crippen molar-refractivity contribution < 1.29 is 9.90 Å². The Morgan fingerprint density at radius 3 is 2.50 bits per heavy atom. The first-order valence-electron chi connectivity index (χ1n) is 6.63. The average molecular weight is 225 g/mol. The molecular weight excluding hydrogens is 202 g/mol. The van der Waals surface area contributed by atoms with Crippen LogP contribution in [0.1, 0.15) is 58.3 Å². The Kier molecular flexibility index (Phi) is 3.53. The molecule has 16 heavy (non-hydrogen) atoms. The lowest BCUT2D eigenvalue weighted by atomic mass is 9.77. The normalized spacial score (nSPS) is 30.4. The van der Waals surface area contributed by atoms with Crippen LogP contribution in [-0.4, -0.2) is 34.1 Å². The molecule has 0 aromatic carbocycles. The molecule has 1 heterocycles. The molecule has 0 radical (unpaired) electrons. The van der Waals surface area contributed by atoms with Crippen molar-refractivity contribution in [1.29, 1.82) is 0 Å². The molecule has 92 valence electrons. The zero-order chi connectivity index (χ0) is 11.6. The second-order valence-corrected chi connectivity index (χ2v) is 5.54. The Balaban J connectivity index is 2.15. The topological polar surface area (TPSA) is 40.5 Å². The van der Waals surface area contributed by atoms with E-state index in [1.165, 1.54) is 32.1 Å². The average Bonchev–Trinajstić information content (AvgIpc) is 2.65. The molecule has 1 saturated carbocycles. The maximum Gasteiger partial charge on any atom is 0.305 e. The number of aliphatic carboxylic acids is 1. The minimum Gasteiger partial charge on any atom is -0.481 e. The lowest BCUT2D eigenvalue weighted by Gasteiger charge is -2.46. The number of carbonyl (C=O) groups is 1. The molecule has 1 atom stereocenters. The van der Waals surface area contributed by atoms with E-state index >= 15 is 0 Å². The fourth-order valence-corrected chi connectivity index (χ4v) is 3.69. The van der Waals surface area contributed by atoms with Gasteiger partial charge in [-0.1, -0.05) is 19.3 Å². The highest BCUT2D eigenvalue weighted by Gasteiger charge is 2.43. The predicted octanol–water partition coefficient (Wildman–Crippen LogP) is 2.65. The number of nitrogens with zero attached hydrogens (tertiary/aromatic N) is 1. The summed E-state index contributed by atoms with van der Waals surface area (Å²) >= 11 is 0. The summed E-state index contributed by atoms with van der Waals surface area (Å²) < 4.78 is 0. The first kappa shape index (κ1) is 11.9. The van der Waals surface area contributed by atoms with Crippen molar-refractivity contribution in [3.8, 4) is 0 Å². The number of carboxylic acids is 1. The molecule has 1 N–H and O–H groups in total. The van der Waals surface area contributed by atoms with Gasteiger partial charge in [0.25, 0.3) is 0 Å². The highest BCUT2D eigenvalue weighted by atomic mass is 16.4. The Labute approximate surface area is 97.8 Å². The molecular formula is C13H23NO2. The van der Waals surface area contributed by atoms with Crippen LogP contribution in [0.5, 0.6) is 0 Å². The van der Waals surface area contributed by atoms with Gasteiger partial charge >= 0.3 is 5.97 Å². The summed E-state index contributed by atoms with van der Waals surface area (Å²) in [6.45, 7) is 3.36. The smallest absolute Gasteiger partial charge is 0.305 e. The summed E-state index contributed by atoms with van der Waals surface area (Å²) in [5.74, 6) is -0.624. The Bertz CT molecular complexity index is 259. The van der Waals surface area contributed by atoms with Crippen LogP contribution < -0.4 is 0 Å². The second-order valence-electron chi connectivity index (χ2n) is 5.54. The zero-order valence-corrected chi connectivity index (χ0v) is 10.2. The van der Waals surface area contributed by atoms with Gasteiger partial charge in [-0.15, -0.1) is 0 Å². The van der Waals surface area contributed by atoms with Crippen molar-refractivity contribution in [2.24, 2.45) is 0 Å². The maximum absolute atomic E-state index is 11.1. The van der Waals surface area contributed by atoms with Gasteiger partial charge in [-0.05, 0) is 39.2 Å². The van der Waals surface area contributed by atoms with Gasteiger partial charge in [0.15, 0.2) is 0 Å². The fraction of sp³-hybridized carbons (Fsp3) is 0.923. The first-order valence-corrected chi connectivity index (χ1v) is 6.63. The SMILES string of the molecule is CC1CCCN1C1(CC(=O)O)CCCCC1. The molecule has 1 saturated heterocycles. The monoisotopic (exact) mass is 225 g/mol. The van der Waals surface area contributed by atoms with Gasteiger partial charge in [-0.2, -0.15) is 0 Å². The van der Waals surface area contributed by atoms with Gasteiger partial charge in [0.2, 0.25) is 0 Å². The minimum atomic E-state index is -0.624. The Hall–Kier alpha value is -0.570. The lowest BCUT2D eigenvalue weighted by molar-refractivity contribution is -0.141. The van der Waals surface area contributed by atoms with Gasteiger partial charge in [0.1, 0.15) is 0 Å². The summed E-state index contributed by atoms with van der Waals surface area (Å²) in [7, 11) is 0. The van der Waals surface area contributed by atoms with Crippen LogP contribution in [0.3, 0.4) is 0 Å². The van der Waals surface area contributed by atoms with Crippen LogP contribution in [0.2, 0.25) is 0 Å². The van der Waals surface area contributed by atoms with E-state index in [0.717, 1.165) is 19.4 Å². The number of carboxylic acid groups (broad SMARTS) is 1. The van der Waals surface area contributed by atoms with Crippen LogP contribution >= 0.6 is 0 Å². The highest BCUT2D eigenvalue weighted by molar-refractivity contribution is 5.68. The van der Waals surface area contributed by atoms with Crippen molar-refractivity contribution in [1.82, 2.24) is 4.90 Å². The van der Waals surface area contributed by atoms with Crippen LogP contribution in [0, 0.1) is 0 Å². The second kappa shape index (κ2) is 4.74. The third kappa shape index (κ3) is 2.24. The number of rotatable bonds is 3. The van der Waals surface area contributed by atoms with Crippen LogP contribution in [-0.2, 0) is 4.79 Å². The molecule has 0 aromatic heterocycles. The molecule has 1 aliphatic carbocycles. The van der Waals surface area contributed by atoms with Gasteiger partial charge < -0.3 is 5.11 Å². The van der Waals surface area contributed by atoms with E-state index in [0.29, 0.717) is 12.5 Å². The summed E-state index contributed by atoms with van der Waals surface area (Å²) in [6, 6.07) is 0.581. The van der Waals surface area contributed by atoms with Crippen LogP contribution in [0.4, 0.5) is 0 Å². The maximum atomic E-state index is 11.1. The van der Waals surface area contributed by atoms with E-state index in [-0.39, 0.29) is 5.54 Å². The molecule has 3 heteroatoms. The molecule has 2 aliphatic rings. The van der Waals surface area contributed by atoms with Crippen molar-refractivity contribution in [3.63, 3.8) is 0 Å². The summed E-state index contributed by atoms with van der Waals surface area (Å²) in [4.78, 5) is 13.6. The number of hydrogen-bond acceptors (Lipinski definition) is 2. The van der Waals surface area contributed by atoms with E-state index in [1.807, 2.05) is 0 Å². The van der Waals surface area contributed by atoms with Crippen LogP contribution in [0.25, 0.3) is 0 Å². The van der Waals surface area contributed by atoms with E-state index in [2.05, 4.69) is 11.8 Å². The summed E-state index contributed by atoms with van der Waals surface area (Å²) in [5.41, 5.74) is -0.0139. The van der Waals surface area contributed by atoms with Crippen molar-refractivity contribution in [2.75, 3.05) is 6.54 Å². The highest BCUT2D eigenvalue weighted by Crippen LogP contribution is 2.40. The molecule has 0 bridgehead atoms. The molecule has 2 fully saturated rings. The van der Waals surface area contributed by atoms with E-state index < -0.39 is 5.97 Å². The first-order chi connectivity index (χ1) is 7.64. The quantitative estimate of drug-likeness (QED) is 0.802. The summed E-state index contributed by atoms with van der Waals surface area (Å²) in [5, 5.41) is 9.15. The summed E-state index contributed by atoms with van der Waals surface area (Å²) in [6.07, 6.45) is 8.69. The zero-order valence-electron chi connectivity index (χ0n) is 10.2. The van der Waals surface area contributed by atoms with Gasteiger partial charge in [-0.25, -0.2) is 0 Å². The Morgan fingerprint density at radius 1 is 1.31 bits per heavy atom. The van der Waals surface area contributed by atoms with Gasteiger partial charge in [0, 0.05) is 11.6 Å². The van der Waals surface area contributed by atoms with Crippen LogP contribution in [0.15, 0.2) is 0 Å². The minimum absolute atomic E-state index is 0.0139. The van der Waals surface area contributed by atoms with Gasteiger partial charge in [-0.3, -0.25) is 9.69 Å². The number of likely N-dealkylation sites (tertiary alicyclic amines) is 1. The van der Waals surface area contributed by atoms with Gasteiger partial charge in [0.05, 0.1) is 6.42 Å². The largest absolute Gasteiger partial charge is 0.481 e. The van der Waals surface area contributed by atoms with Crippen molar-refractivity contribution in [3.05, 3.63) is 0 Å². The molecule has 2 rings (SSSR count). The molecule has 0 amide bonds. The molecule has 1 aliphatic heterocycles. The van der Waals surface area contributed by atoms with E-state index in [1.54, 1.807) is 0 Å². The third-order valence-electron chi connectivity index (χ3n) is 4.43. The molecule has 0 spiro atoms. The van der Waals surface area contributed by atoms with Crippen molar-refractivity contribution >= 4 is 5.97 Å². The number of hydrogen-bond donors (Lipinski definition) is 1. The third-order valence-corrected chi connectivity index (χ3v) is 4.43. The standard InChI is InChI=1S/C13H23NO2/c1-11-6-5-9-14(11)13(10-12(15)16)7-3-2-4-8-13/h11H,2-10H2,1H3,(H,15,16). The predicted molar refractivity (Wildman–Crippen MR) is 63.5 cm³/mol. The van der Waals surface area contributed by atoms with Crippen molar-refractivity contribution in [2.45, 2.75) is 69.9 Å². The molecule has 0 aromatic rings. The van der Waals surface area contributed by atoms with E-state index in [9.17, 15) is 4.79 Å². The van der Waals surface area contributed by atoms with E-state index in [4.69, 9.17) is 5.11 Å². The Morgan fingerprint density at radius 2 is 2.00 bits per heavy atom. The molecule has 1 unspecified atom stereocenters. The lowest BCUT2D eigenvalue weighted by Crippen LogP contribution is -2.52.